The number of carbonyl (C=O) groups is 1. The highest BCUT2D eigenvalue weighted by Gasteiger charge is 2.28. The first kappa shape index (κ1) is 10.3. The number of thioether (sulfide) groups is 1. The molecule has 0 saturated heterocycles. The quantitative estimate of drug-likeness (QED) is 0.694. The number of hydrogen-bond donors (Lipinski definition) is 0. The van der Waals surface area contributed by atoms with E-state index in [-0.39, 0.29) is 10.5 Å². The molecular formula is C9H14N2OS. The number of nitrogens with zero attached hydrogens (tertiary/aromatic N) is 2. The molecule has 3 nitrogen and oxygen atoms in total. The van der Waals surface area contributed by atoms with E-state index >= 15 is 0 Å². The van der Waals surface area contributed by atoms with Crippen molar-refractivity contribution in [3.8, 4) is 0 Å². The highest BCUT2D eigenvalue weighted by atomic mass is 32.2. The number of Topliss-reactive ketones (excluding diaryl/α,β-unsaturated/α-hetero) is 1. The molecule has 1 heterocycles. The summed E-state index contributed by atoms with van der Waals surface area (Å²) in [6.07, 6.45) is 5.32. The lowest BCUT2D eigenvalue weighted by atomic mass is 10.1. The molecule has 0 aromatic carbocycles. The summed E-state index contributed by atoms with van der Waals surface area (Å²) in [4.78, 5) is 15.8. The number of aryl methyl sites for hydroxylation is 1. The standard InChI is InChI=1S/C9H14N2OS/c1-9(2,13-4)8(12)7-5-11(3)6-10-7/h5-6H,1-4H3. The molecule has 0 aliphatic rings. The minimum atomic E-state index is -0.381. The van der Waals surface area contributed by atoms with Gasteiger partial charge in [0.1, 0.15) is 5.69 Å². The first-order valence-electron chi connectivity index (χ1n) is 4.05. The lowest BCUT2D eigenvalue weighted by molar-refractivity contribution is 0.0954. The molecule has 0 unspecified atom stereocenters. The van der Waals surface area contributed by atoms with Gasteiger partial charge >= 0.3 is 0 Å². The Morgan fingerprint density at radius 2 is 2.23 bits per heavy atom. The van der Waals surface area contributed by atoms with Crippen molar-refractivity contribution in [1.82, 2.24) is 9.55 Å². The van der Waals surface area contributed by atoms with Crippen molar-refractivity contribution in [3.63, 3.8) is 0 Å². The van der Waals surface area contributed by atoms with Gasteiger partial charge in [0.25, 0.3) is 0 Å². The van der Waals surface area contributed by atoms with Crippen molar-refractivity contribution >= 4 is 17.5 Å². The van der Waals surface area contributed by atoms with Gasteiger partial charge in [-0.2, -0.15) is 11.8 Å². The molecule has 1 aromatic heterocycles. The predicted octanol–water partition coefficient (Wildman–Crippen LogP) is 1.74. The van der Waals surface area contributed by atoms with Crippen LogP contribution in [-0.4, -0.2) is 26.3 Å². The first-order chi connectivity index (χ1) is 5.97. The Hall–Kier alpha value is -0.770. The normalized spacial score (nSPS) is 11.7. The fourth-order valence-electron chi connectivity index (χ4n) is 0.931. The van der Waals surface area contributed by atoms with Crippen molar-refractivity contribution in [2.24, 2.45) is 7.05 Å². The van der Waals surface area contributed by atoms with Gasteiger partial charge in [0.05, 0.1) is 11.1 Å². The zero-order valence-corrected chi connectivity index (χ0v) is 9.18. The van der Waals surface area contributed by atoms with Crippen LogP contribution in [0, 0.1) is 0 Å². The van der Waals surface area contributed by atoms with E-state index in [1.54, 1.807) is 28.9 Å². The number of rotatable bonds is 3. The van der Waals surface area contributed by atoms with Crippen LogP contribution in [0.1, 0.15) is 24.3 Å². The second-order valence-corrected chi connectivity index (χ2v) is 4.90. The van der Waals surface area contributed by atoms with E-state index in [1.165, 1.54) is 0 Å². The summed E-state index contributed by atoms with van der Waals surface area (Å²) in [7, 11) is 1.86. The van der Waals surface area contributed by atoms with E-state index in [1.807, 2.05) is 27.2 Å². The fraction of sp³-hybridized carbons (Fsp3) is 0.556. The van der Waals surface area contributed by atoms with Crippen LogP contribution in [-0.2, 0) is 7.05 Å². The highest BCUT2D eigenvalue weighted by molar-refractivity contribution is 8.00. The van der Waals surface area contributed by atoms with Gasteiger partial charge < -0.3 is 4.57 Å². The maximum absolute atomic E-state index is 11.8. The lowest BCUT2D eigenvalue weighted by Gasteiger charge is -2.18. The van der Waals surface area contributed by atoms with Gasteiger partial charge in [-0.05, 0) is 20.1 Å². The van der Waals surface area contributed by atoms with E-state index in [4.69, 9.17) is 0 Å². The summed E-state index contributed by atoms with van der Waals surface area (Å²) in [5.41, 5.74) is 0.543. The number of carbonyl (C=O) groups excluding carboxylic acids is 1. The van der Waals surface area contributed by atoms with Crippen LogP contribution in [0.15, 0.2) is 12.5 Å². The molecule has 0 radical (unpaired) electrons. The third-order valence-electron chi connectivity index (χ3n) is 1.99. The van der Waals surface area contributed by atoms with Crippen molar-refractivity contribution in [3.05, 3.63) is 18.2 Å². The molecule has 0 aliphatic heterocycles. The number of imidazole rings is 1. The molecule has 0 saturated carbocycles. The monoisotopic (exact) mass is 198 g/mol. The van der Waals surface area contributed by atoms with Crippen LogP contribution in [0.5, 0.6) is 0 Å². The molecule has 72 valence electrons. The molecule has 0 spiro atoms. The third-order valence-corrected chi connectivity index (χ3v) is 3.20. The second-order valence-electron chi connectivity index (χ2n) is 3.47. The molecular weight excluding hydrogens is 184 g/mol. The Balaban J connectivity index is 2.91. The summed E-state index contributed by atoms with van der Waals surface area (Å²) >= 11 is 1.54. The maximum atomic E-state index is 11.8. The zero-order chi connectivity index (χ0) is 10.1. The molecule has 4 heteroatoms. The van der Waals surface area contributed by atoms with Crippen molar-refractivity contribution in [2.75, 3.05) is 6.26 Å². The molecule has 1 rings (SSSR count). The Labute approximate surface area is 82.5 Å². The van der Waals surface area contributed by atoms with Crippen LogP contribution in [0.4, 0.5) is 0 Å². The molecule has 0 bridgehead atoms. The van der Waals surface area contributed by atoms with Gasteiger partial charge in [-0.25, -0.2) is 4.98 Å². The van der Waals surface area contributed by atoms with E-state index in [2.05, 4.69) is 4.98 Å². The topological polar surface area (TPSA) is 34.9 Å². The van der Waals surface area contributed by atoms with Crippen LogP contribution < -0.4 is 0 Å². The smallest absolute Gasteiger partial charge is 0.198 e. The van der Waals surface area contributed by atoms with Gasteiger partial charge in [0.2, 0.25) is 0 Å². The first-order valence-corrected chi connectivity index (χ1v) is 5.28. The number of ketones is 1. The minimum Gasteiger partial charge on any atom is -0.340 e. The number of hydrogen-bond acceptors (Lipinski definition) is 3. The van der Waals surface area contributed by atoms with Gasteiger partial charge in [-0.3, -0.25) is 4.79 Å². The van der Waals surface area contributed by atoms with Gasteiger partial charge in [-0.15, -0.1) is 0 Å². The fourth-order valence-corrected chi connectivity index (χ4v) is 1.22. The predicted molar refractivity (Wildman–Crippen MR) is 55.1 cm³/mol. The molecule has 0 atom stereocenters. The summed E-state index contributed by atoms with van der Waals surface area (Å²) in [6.45, 7) is 3.82. The number of aromatic nitrogens is 2. The van der Waals surface area contributed by atoms with Gasteiger partial charge in [0, 0.05) is 13.2 Å². The van der Waals surface area contributed by atoms with Crippen LogP contribution >= 0.6 is 11.8 Å². The average Bonchev–Trinajstić information content (AvgIpc) is 2.50. The summed E-state index contributed by atoms with van der Waals surface area (Å²) in [6, 6.07) is 0. The van der Waals surface area contributed by atoms with E-state index in [0.29, 0.717) is 5.69 Å². The molecule has 0 N–H and O–H groups in total. The Morgan fingerprint density at radius 1 is 1.62 bits per heavy atom. The largest absolute Gasteiger partial charge is 0.340 e. The second kappa shape index (κ2) is 3.54. The van der Waals surface area contributed by atoms with Crippen molar-refractivity contribution in [2.45, 2.75) is 18.6 Å². The molecule has 0 fully saturated rings. The Morgan fingerprint density at radius 3 is 2.62 bits per heavy atom. The highest BCUT2D eigenvalue weighted by Crippen LogP contribution is 2.25. The summed E-state index contributed by atoms with van der Waals surface area (Å²) in [5, 5.41) is 0. The molecule has 0 aliphatic carbocycles. The average molecular weight is 198 g/mol. The van der Waals surface area contributed by atoms with Crippen LogP contribution in [0.25, 0.3) is 0 Å². The maximum Gasteiger partial charge on any atom is 0.198 e. The molecule has 1 aromatic rings. The van der Waals surface area contributed by atoms with Gasteiger partial charge in [0.15, 0.2) is 5.78 Å². The van der Waals surface area contributed by atoms with Gasteiger partial charge in [-0.1, -0.05) is 0 Å². The van der Waals surface area contributed by atoms with Crippen LogP contribution in [0.2, 0.25) is 0 Å². The SMILES string of the molecule is CSC(C)(C)C(=O)c1cn(C)cn1. The Kier molecular flexibility index (Phi) is 2.81. The van der Waals surface area contributed by atoms with E-state index in [9.17, 15) is 4.79 Å². The van der Waals surface area contributed by atoms with Crippen LogP contribution in [0.3, 0.4) is 0 Å². The zero-order valence-electron chi connectivity index (χ0n) is 8.37. The van der Waals surface area contributed by atoms with E-state index in [0.717, 1.165) is 0 Å². The minimum absolute atomic E-state index is 0.0839. The third kappa shape index (κ3) is 2.12. The lowest BCUT2D eigenvalue weighted by Crippen LogP contribution is -2.27. The Bertz CT molecular complexity index is 317. The van der Waals surface area contributed by atoms with E-state index < -0.39 is 0 Å². The van der Waals surface area contributed by atoms with Crippen molar-refractivity contribution in [1.29, 1.82) is 0 Å². The summed E-state index contributed by atoms with van der Waals surface area (Å²) in [5.74, 6) is 0.0839. The van der Waals surface area contributed by atoms with Crippen molar-refractivity contribution < 1.29 is 4.79 Å². The molecule has 0 amide bonds. The molecule has 13 heavy (non-hydrogen) atoms. The summed E-state index contributed by atoms with van der Waals surface area (Å²) < 4.78 is 1.40.